The minimum atomic E-state index is -0.183. The number of methoxy groups -OCH3 is 2. The van der Waals surface area contributed by atoms with Crippen LogP contribution in [0.3, 0.4) is 0 Å². The molecule has 1 aromatic carbocycles. The molecule has 4 rings (SSSR count). The number of ether oxygens (including phenoxy) is 2. The lowest BCUT2D eigenvalue weighted by molar-refractivity contribution is -0.119. The molecule has 2 aliphatic heterocycles. The average Bonchev–Trinajstić information content (AvgIpc) is 3.33. The number of hydrogen-bond donors (Lipinski definition) is 0. The molecule has 0 aliphatic carbocycles. The maximum absolute atomic E-state index is 13.0. The fourth-order valence-corrected chi connectivity index (χ4v) is 4.33. The highest BCUT2D eigenvalue weighted by Crippen LogP contribution is 2.45. The van der Waals surface area contributed by atoms with Crippen LogP contribution in [0.25, 0.3) is 0 Å². The lowest BCUT2D eigenvalue weighted by Gasteiger charge is -2.29. The third-order valence-electron chi connectivity index (χ3n) is 4.72. The number of amides is 1. The van der Waals surface area contributed by atoms with Crippen LogP contribution in [0.2, 0.25) is 0 Å². The number of aromatic nitrogens is 1. The van der Waals surface area contributed by atoms with Crippen LogP contribution in [0.15, 0.2) is 29.8 Å². The predicted octanol–water partition coefficient (Wildman–Crippen LogP) is 2.67. The van der Waals surface area contributed by atoms with E-state index in [1.807, 2.05) is 28.5 Å². The summed E-state index contributed by atoms with van der Waals surface area (Å²) in [7, 11) is 3.27. The van der Waals surface area contributed by atoms with Crippen molar-refractivity contribution in [2.75, 3.05) is 25.7 Å². The molecule has 1 aromatic heterocycles. The average molecular weight is 345 g/mol. The normalized spacial score (nSPS) is 23.6. The van der Waals surface area contributed by atoms with Crippen molar-refractivity contribution < 1.29 is 14.3 Å². The Bertz CT molecular complexity index is 750. The number of carbonyl (C=O) groups is 1. The van der Waals surface area contributed by atoms with Crippen molar-refractivity contribution in [2.24, 2.45) is 0 Å². The minimum Gasteiger partial charge on any atom is -0.497 e. The van der Waals surface area contributed by atoms with Gasteiger partial charge >= 0.3 is 0 Å². The van der Waals surface area contributed by atoms with E-state index in [0.717, 1.165) is 41.6 Å². The van der Waals surface area contributed by atoms with Crippen LogP contribution in [-0.2, 0) is 4.79 Å². The van der Waals surface area contributed by atoms with Gasteiger partial charge in [0.2, 0.25) is 5.91 Å². The summed E-state index contributed by atoms with van der Waals surface area (Å²) >= 11 is 1.48. The summed E-state index contributed by atoms with van der Waals surface area (Å²) < 4.78 is 10.9. The van der Waals surface area contributed by atoms with Gasteiger partial charge in [0.25, 0.3) is 0 Å². The molecule has 2 saturated heterocycles. The van der Waals surface area contributed by atoms with Crippen molar-refractivity contribution in [3.05, 3.63) is 35.3 Å². The Morgan fingerprint density at radius 2 is 2.17 bits per heavy atom. The van der Waals surface area contributed by atoms with E-state index in [4.69, 9.17) is 9.47 Å². The number of carbonyl (C=O) groups excluding carboxylic acids is 1. The molecule has 6 nitrogen and oxygen atoms in total. The van der Waals surface area contributed by atoms with Gasteiger partial charge in [-0.15, -0.1) is 11.3 Å². The Morgan fingerprint density at radius 1 is 1.29 bits per heavy atom. The smallest absolute Gasteiger partial charge is 0.247 e. The van der Waals surface area contributed by atoms with E-state index < -0.39 is 0 Å². The van der Waals surface area contributed by atoms with Crippen molar-refractivity contribution in [1.29, 1.82) is 0 Å². The quantitative estimate of drug-likeness (QED) is 0.853. The molecule has 1 amide bonds. The number of anilines is 1. The highest BCUT2D eigenvalue weighted by Gasteiger charge is 2.50. The molecule has 7 heteroatoms. The van der Waals surface area contributed by atoms with Crippen LogP contribution in [0.5, 0.6) is 11.5 Å². The molecule has 0 saturated carbocycles. The second-order valence-corrected chi connectivity index (χ2v) is 6.77. The number of rotatable bonds is 4. The van der Waals surface area contributed by atoms with Gasteiger partial charge in [0, 0.05) is 29.8 Å². The minimum absolute atomic E-state index is 0.0642. The zero-order chi connectivity index (χ0) is 16.7. The van der Waals surface area contributed by atoms with Crippen molar-refractivity contribution in [3.63, 3.8) is 0 Å². The summed E-state index contributed by atoms with van der Waals surface area (Å²) in [6.45, 7) is 0.901. The lowest BCUT2D eigenvalue weighted by atomic mass is 10.1. The molecule has 126 valence electrons. The molecular weight excluding hydrogens is 326 g/mol. The second kappa shape index (κ2) is 6.07. The first-order valence-electron chi connectivity index (χ1n) is 7.95. The van der Waals surface area contributed by atoms with Gasteiger partial charge in [-0.25, -0.2) is 4.98 Å². The fourth-order valence-electron chi connectivity index (χ4n) is 3.66. The Labute approximate surface area is 144 Å². The molecule has 2 fully saturated rings. The summed E-state index contributed by atoms with van der Waals surface area (Å²) in [5.74, 6) is 1.59. The van der Waals surface area contributed by atoms with E-state index in [0.29, 0.717) is 0 Å². The monoisotopic (exact) mass is 345 g/mol. The fraction of sp³-hybridized carbons (Fsp3) is 0.412. The second-order valence-electron chi connectivity index (χ2n) is 5.90. The first kappa shape index (κ1) is 15.4. The van der Waals surface area contributed by atoms with Gasteiger partial charge in [0.05, 0.1) is 20.3 Å². The molecular formula is C17H19N3O3S. The molecule has 24 heavy (non-hydrogen) atoms. The number of benzene rings is 1. The summed E-state index contributed by atoms with van der Waals surface area (Å²) in [5.41, 5.74) is 0.964. The van der Waals surface area contributed by atoms with Gasteiger partial charge in [0.15, 0.2) is 5.13 Å². The van der Waals surface area contributed by atoms with Gasteiger partial charge in [0.1, 0.15) is 17.7 Å². The molecule has 3 heterocycles. The van der Waals surface area contributed by atoms with Gasteiger partial charge in [-0.05, 0) is 25.0 Å². The maximum atomic E-state index is 13.0. The Balaban J connectivity index is 1.82. The van der Waals surface area contributed by atoms with Crippen LogP contribution in [0, 0.1) is 0 Å². The number of nitrogens with zero attached hydrogens (tertiary/aromatic N) is 3. The van der Waals surface area contributed by atoms with Crippen LogP contribution >= 0.6 is 11.3 Å². The highest BCUT2D eigenvalue weighted by atomic mass is 32.1. The maximum Gasteiger partial charge on any atom is 0.247 e. The Hall–Kier alpha value is -2.12. The van der Waals surface area contributed by atoms with E-state index in [-0.39, 0.29) is 18.1 Å². The summed E-state index contributed by atoms with van der Waals surface area (Å²) in [5, 5.41) is 2.63. The Morgan fingerprint density at radius 3 is 2.88 bits per heavy atom. The zero-order valence-electron chi connectivity index (χ0n) is 13.6. The van der Waals surface area contributed by atoms with E-state index in [9.17, 15) is 4.79 Å². The topological polar surface area (TPSA) is 54.9 Å². The van der Waals surface area contributed by atoms with E-state index in [2.05, 4.69) is 9.88 Å². The van der Waals surface area contributed by atoms with Crippen LogP contribution < -0.4 is 14.4 Å². The highest BCUT2D eigenvalue weighted by molar-refractivity contribution is 7.13. The molecule has 0 radical (unpaired) electrons. The van der Waals surface area contributed by atoms with Crippen LogP contribution in [0.4, 0.5) is 5.13 Å². The first-order valence-corrected chi connectivity index (χ1v) is 8.83. The SMILES string of the molecule is COc1ccc([C@H]2N(c3nccs3)C(=O)[C@@H]3CCCN32)c(OC)c1. The van der Waals surface area contributed by atoms with Gasteiger partial charge in [-0.2, -0.15) is 0 Å². The lowest BCUT2D eigenvalue weighted by Crippen LogP contribution is -2.32. The molecule has 0 unspecified atom stereocenters. The Kier molecular flexibility index (Phi) is 3.90. The predicted molar refractivity (Wildman–Crippen MR) is 91.6 cm³/mol. The van der Waals surface area contributed by atoms with Crippen molar-refractivity contribution >= 4 is 22.4 Å². The third-order valence-corrected chi connectivity index (χ3v) is 5.49. The molecule has 2 aliphatic rings. The summed E-state index contributed by atoms with van der Waals surface area (Å²) in [6, 6.07) is 5.69. The summed E-state index contributed by atoms with van der Waals surface area (Å²) in [6.07, 6.45) is 3.49. The van der Waals surface area contributed by atoms with Crippen molar-refractivity contribution in [3.8, 4) is 11.5 Å². The van der Waals surface area contributed by atoms with Crippen molar-refractivity contribution in [1.82, 2.24) is 9.88 Å². The number of thiazole rings is 1. The first-order chi connectivity index (χ1) is 11.7. The van der Waals surface area contributed by atoms with E-state index in [1.54, 1.807) is 20.4 Å². The van der Waals surface area contributed by atoms with Gasteiger partial charge in [-0.1, -0.05) is 0 Å². The zero-order valence-corrected chi connectivity index (χ0v) is 14.5. The molecule has 0 N–H and O–H groups in total. The van der Waals surface area contributed by atoms with Crippen molar-refractivity contribution in [2.45, 2.75) is 25.0 Å². The third kappa shape index (κ3) is 2.27. The number of hydrogen-bond acceptors (Lipinski definition) is 6. The van der Waals surface area contributed by atoms with Crippen LogP contribution in [-0.4, -0.2) is 42.6 Å². The number of fused-ring (bicyclic) bond motifs is 1. The summed E-state index contributed by atoms with van der Waals surface area (Å²) in [4.78, 5) is 21.4. The molecule has 2 atom stereocenters. The molecule has 0 bridgehead atoms. The van der Waals surface area contributed by atoms with Gasteiger partial charge < -0.3 is 9.47 Å². The van der Waals surface area contributed by atoms with Gasteiger partial charge in [-0.3, -0.25) is 14.6 Å². The van der Waals surface area contributed by atoms with E-state index >= 15 is 0 Å². The standard InChI is InChI=1S/C17H19N3O3S/c1-22-11-5-6-12(14(10-11)23-2)15-19-8-3-4-13(19)16(21)20(15)17-18-7-9-24-17/h5-7,9-10,13,15H,3-4,8H2,1-2H3/t13-,15+/m0/s1. The van der Waals surface area contributed by atoms with E-state index in [1.165, 1.54) is 11.3 Å². The van der Waals surface area contributed by atoms with Crippen LogP contribution in [0.1, 0.15) is 24.6 Å². The largest absolute Gasteiger partial charge is 0.497 e. The molecule has 0 spiro atoms. The molecule has 2 aromatic rings.